The summed E-state index contributed by atoms with van der Waals surface area (Å²) in [5.41, 5.74) is 3.22. The first-order valence-corrected chi connectivity index (χ1v) is 7.52. The quantitative estimate of drug-likeness (QED) is 0.493. The van der Waals surface area contributed by atoms with E-state index in [4.69, 9.17) is 0 Å². The van der Waals surface area contributed by atoms with E-state index in [0.29, 0.717) is 17.8 Å². The minimum absolute atomic E-state index is 0.0451. The van der Waals surface area contributed by atoms with Crippen molar-refractivity contribution < 1.29 is 9.59 Å². The molecular weight excluding hydrogens is 270 g/mol. The van der Waals surface area contributed by atoms with Crippen LogP contribution in [0.5, 0.6) is 0 Å². The van der Waals surface area contributed by atoms with Crippen molar-refractivity contribution in [3.8, 4) is 0 Å². The topological polar surface area (TPSA) is 46.5 Å². The lowest BCUT2D eigenvalue weighted by Crippen LogP contribution is -2.03. The largest absolute Gasteiger partial charge is 0.296 e. The zero-order valence-electron chi connectivity index (χ0n) is 11.3. The van der Waals surface area contributed by atoms with Gasteiger partial charge >= 0.3 is 0 Å². The SMILES string of the molecule is CSc1c2c(cc3ccc(C(C)=O)cc13)CN=C2C=O. The highest BCUT2D eigenvalue weighted by molar-refractivity contribution is 7.99. The second-order valence-corrected chi connectivity index (χ2v) is 5.57. The first kappa shape index (κ1) is 13.1. The molecule has 0 amide bonds. The summed E-state index contributed by atoms with van der Waals surface area (Å²) in [4.78, 5) is 28.0. The molecule has 20 heavy (non-hydrogen) atoms. The molecule has 0 saturated carbocycles. The number of carbonyl (C=O) groups excluding carboxylic acids is 2. The first-order chi connectivity index (χ1) is 9.65. The Bertz CT molecular complexity index is 778. The lowest BCUT2D eigenvalue weighted by Gasteiger charge is -2.11. The number of carbonyl (C=O) groups is 2. The molecule has 0 aliphatic carbocycles. The van der Waals surface area contributed by atoms with Gasteiger partial charge in [-0.2, -0.15) is 0 Å². The molecule has 0 aromatic heterocycles. The highest BCUT2D eigenvalue weighted by Crippen LogP contribution is 2.36. The molecule has 0 saturated heterocycles. The molecule has 3 nitrogen and oxygen atoms in total. The molecular formula is C16H13NO2S. The monoisotopic (exact) mass is 283 g/mol. The third-order valence-electron chi connectivity index (χ3n) is 3.57. The second kappa shape index (κ2) is 4.87. The Labute approximate surface area is 121 Å². The van der Waals surface area contributed by atoms with Crippen LogP contribution in [0.3, 0.4) is 0 Å². The number of hydrogen-bond acceptors (Lipinski definition) is 4. The minimum Gasteiger partial charge on any atom is -0.296 e. The van der Waals surface area contributed by atoms with Gasteiger partial charge in [0.1, 0.15) is 5.71 Å². The normalized spacial score (nSPS) is 13.2. The fourth-order valence-corrected chi connectivity index (χ4v) is 3.44. The summed E-state index contributed by atoms with van der Waals surface area (Å²) in [5, 5.41) is 2.10. The van der Waals surface area contributed by atoms with Gasteiger partial charge in [-0.15, -0.1) is 11.8 Å². The van der Waals surface area contributed by atoms with E-state index in [1.54, 1.807) is 18.7 Å². The molecule has 0 radical (unpaired) electrons. The fraction of sp³-hybridized carbons (Fsp3) is 0.188. The number of aldehydes is 1. The van der Waals surface area contributed by atoms with Crippen molar-refractivity contribution in [1.29, 1.82) is 0 Å². The highest BCUT2D eigenvalue weighted by Gasteiger charge is 2.21. The molecule has 2 aromatic rings. The molecule has 1 heterocycles. The molecule has 0 bridgehead atoms. The Balaban J connectivity index is 2.37. The van der Waals surface area contributed by atoms with E-state index in [0.717, 1.165) is 33.1 Å². The van der Waals surface area contributed by atoms with Crippen molar-refractivity contribution in [2.45, 2.75) is 18.4 Å². The molecule has 4 heteroatoms. The molecule has 0 fully saturated rings. The van der Waals surface area contributed by atoms with Gasteiger partial charge in [-0.3, -0.25) is 14.6 Å². The number of aliphatic imine (C=N–C) groups is 1. The fourth-order valence-electron chi connectivity index (χ4n) is 2.60. The summed E-state index contributed by atoms with van der Waals surface area (Å²) in [6.45, 7) is 2.12. The van der Waals surface area contributed by atoms with Crippen LogP contribution in [0.15, 0.2) is 34.2 Å². The number of nitrogens with zero attached hydrogens (tertiary/aromatic N) is 1. The Morgan fingerprint density at radius 3 is 2.80 bits per heavy atom. The number of ketones is 1. The molecule has 0 N–H and O–H groups in total. The van der Waals surface area contributed by atoms with E-state index in [1.165, 1.54) is 0 Å². The number of rotatable bonds is 3. The molecule has 0 atom stereocenters. The Morgan fingerprint density at radius 2 is 2.15 bits per heavy atom. The predicted molar refractivity (Wildman–Crippen MR) is 82.0 cm³/mol. The van der Waals surface area contributed by atoms with Gasteiger partial charge in [0.25, 0.3) is 0 Å². The number of benzene rings is 2. The average molecular weight is 283 g/mol. The molecule has 1 aliphatic rings. The van der Waals surface area contributed by atoms with Crippen LogP contribution in [0.4, 0.5) is 0 Å². The van der Waals surface area contributed by atoms with Gasteiger partial charge < -0.3 is 0 Å². The lowest BCUT2D eigenvalue weighted by atomic mass is 9.97. The molecule has 0 unspecified atom stereocenters. The van der Waals surface area contributed by atoms with Gasteiger partial charge in [0.15, 0.2) is 12.1 Å². The summed E-state index contributed by atoms with van der Waals surface area (Å²) < 4.78 is 0. The van der Waals surface area contributed by atoms with Gasteiger partial charge in [0.2, 0.25) is 0 Å². The Morgan fingerprint density at radius 1 is 1.35 bits per heavy atom. The molecule has 100 valence electrons. The third-order valence-corrected chi connectivity index (χ3v) is 4.41. The Kier molecular flexibility index (Phi) is 3.18. The maximum Gasteiger partial charge on any atom is 0.168 e. The van der Waals surface area contributed by atoms with E-state index in [2.05, 4.69) is 11.1 Å². The van der Waals surface area contributed by atoms with E-state index in [-0.39, 0.29) is 5.78 Å². The number of thioether (sulfide) groups is 1. The molecule has 1 aliphatic heterocycles. The van der Waals surface area contributed by atoms with Crippen LogP contribution in [-0.4, -0.2) is 24.0 Å². The van der Waals surface area contributed by atoms with Crippen LogP contribution in [-0.2, 0) is 11.3 Å². The van der Waals surface area contributed by atoms with Crippen molar-refractivity contribution in [2.24, 2.45) is 4.99 Å². The summed E-state index contributed by atoms with van der Waals surface area (Å²) in [5.74, 6) is 0.0451. The van der Waals surface area contributed by atoms with Gasteiger partial charge in [-0.1, -0.05) is 12.1 Å². The maximum absolute atomic E-state index is 11.6. The third kappa shape index (κ3) is 1.88. The van der Waals surface area contributed by atoms with Gasteiger partial charge in [0.05, 0.1) is 6.54 Å². The lowest BCUT2D eigenvalue weighted by molar-refractivity contribution is -0.102. The second-order valence-electron chi connectivity index (χ2n) is 4.76. The first-order valence-electron chi connectivity index (χ1n) is 6.30. The van der Waals surface area contributed by atoms with Crippen LogP contribution >= 0.6 is 11.8 Å². The average Bonchev–Trinajstić information content (AvgIpc) is 2.86. The van der Waals surface area contributed by atoms with E-state index in [1.807, 2.05) is 24.5 Å². The van der Waals surface area contributed by atoms with Crippen molar-refractivity contribution in [3.05, 3.63) is 41.0 Å². The van der Waals surface area contributed by atoms with Crippen molar-refractivity contribution in [3.63, 3.8) is 0 Å². The van der Waals surface area contributed by atoms with Gasteiger partial charge in [0, 0.05) is 16.0 Å². The number of fused-ring (bicyclic) bond motifs is 2. The molecule has 0 spiro atoms. The van der Waals surface area contributed by atoms with E-state index < -0.39 is 0 Å². The predicted octanol–water partition coefficient (Wildman–Crippen LogP) is 3.27. The molecule has 2 aromatic carbocycles. The Hall–Kier alpha value is -1.94. The van der Waals surface area contributed by atoms with E-state index >= 15 is 0 Å². The van der Waals surface area contributed by atoms with Crippen LogP contribution in [0.25, 0.3) is 10.8 Å². The molecule has 3 rings (SSSR count). The van der Waals surface area contributed by atoms with E-state index in [9.17, 15) is 9.59 Å². The van der Waals surface area contributed by atoms with Gasteiger partial charge in [-0.05, 0) is 41.6 Å². The smallest absolute Gasteiger partial charge is 0.168 e. The maximum atomic E-state index is 11.6. The summed E-state index contributed by atoms with van der Waals surface area (Å²) in [7, 11) is 0. The minimum atomic E-state index is 0.0451. The highest BCUT2D eigenvalue weighted by atomic mass is 32.2. The van der Waals surface area contributed by atoms with Crippen LogP contribution < -0.4 is 0 Å². The number of hydrogen-bond donors (Lipinski definition) is 0. The van der Waals surface area contributed by atoms with Crippen molar-refractivity contribution >= 4 is 40.3 Å². The van der Waals surface area contributed by atoms with Gasteiger partial charge in [-0.25, -0.2) is 0 Å². The summed E-state index contributed by atoms with van der Waals surface area (Å²) in [6.07, 6.45) is 2.79. The number of Topliss-reactive ketones (excluding diaryl/α,β-unsaturated/α-hetero) is 1. The van der Waals surface area contributed by atoms with Crippen molar-refractivity contribution in [1.82, 2.24) is 0 Å². The van der Waals surface area contributed by atoms with Crippen LogP contribution in [0.1, 0.15) is 28.4 Å². The van der Waals surface area contributed by atoms with Crippen LogP contribution in [0.2, 0.25) is 0 Å². The summed E-state index contributed by atoms with van der Waals surface area (Å²) in [6, 6.07) is 7.78. The zero-order chi connectivity index (χ0) is 14.3. The van der Waals surface area contributed by atoms with Crippen LogP contribution in [0, 0.1) is 0 Å². The standard InChI is InChI=1S/C16H13NO2S/c1-9(19)10-3-4-11-5-12-7-17-14(8-18)15(12)16(20-2)13(11)6-10/h3-6,8H,7H2,1-2H3. The summed E-state index contributed by atoms with van der Waals surface area (Å²) >= 11 is 1.59. The zero-order valence-corrected chi connectivity index (χ0v) is 12.1. The van der Waals surface area contributed by atoms with Crippen molar-refractivity contribution in [2.75, 3.05) is 6.26 Å².